The molecule has 1 heterocycles. The van der Waals surface area contributed by atoms with E-state index in [1.807, 2.05) is 30.3 Å². The van der Waals surface area contributed by atoms with Crippen LogP contribution in [0.15, 0.2) is 66.9 Å². The molecule has 4 heteroatoms. The molecule has 0 radical (unpaired) electrons. The number of hydrogen-bond donors (Lipinski definition) is 0. The summed E-state index contributed by atoms with van der Waals surface area (Å²) in [6.07, 6.45) is 1.58. The number of benzene rings is 2. The molecular weight excluding hydrogens is 317 g/mol. The van der Waals surface area contributed by atoms with E-state index in [1.165, 1.54) is 0 Å². The van der Waals surface area contributed by atoms with Crippen LogP contribution in [0, 0.1) is 0 Å². The van der Waals surface area contributed by atoms with Crippen molar-refractivity contribution in [3.05, 3.63) is 88.0 Å². The van der Waals surface area contributed by atoms with Crippen LogP contribution in [0.25, 0.3) is 11.3 Å². The minimum atomic E-state index is -0.0770. The Hall–Kier alpha value is -2.16. The molecule has 0 fully saturated rings. The predicted octanol–water partition coefficient (Wildman–Crippen LogP) is 5.29. The van der Waals surface area contributed by atoms with Gasteiger partial charge in [0.1, 0.15) is 0 Å². The van der Waals surface area contributed by atoms with Gasteiger partial charge >= 0.3 is 0 Å². The van der Waals surface area contributed by atoms with Gasteiger partial charge in [0.15, 0.2) is 5.78 Å². The van der Waals surface area contributed by atoms with Gasteiger partial charge in [-0.2, -0.15) is 0 Å². The summed E-state index contributed by atoms with van der Waals surface area (Å²) < 4.78 is 0. The maximum Gasteiger partial charge on any atom is 0.194 e. The van der Waals surface area contributed by atoms with E-state index in [0.29, 0.717) is 21.2 Å². The Morgan fingerprint density at radius 1 is 0.727 bits per heavy atom. The second-order valence-corrected chi connectivity index (χ2v) is 5.65. The molecule has 0 saturated heterocycles. The van der Waals surface area contributed by atoms with E-state index in [1.54, 1.807) is 36.5 Å². The minimum absolute atomic E-state index is 0.0770. The zero-order chi connectivity index (χ0) is 15.5. The highest BCUT2D eigenvalue weighted by Gasteiger charge is 2.10. The normalized spacial score (nSPS) is 10.5. The largest absolute Gasteiger partial charge is 0.289 e. The SMILES string of the molecule is O=C(c1ccc(Cl)cc1)c1ccc(-c2ccc(Cl)cc2)nc1. The number of aromatic nitrogens is 1. The van der Waals surface area contributed by atoms with Gasteiger partial charge in [-0.25, -0.2) is 0 Å². The molecular formula is C18H11Cl2NO. The molecule has 0 aliphatic heterocycles. The third-order valence-electron chi connectivity index (χ3n) is 3.27. The molecule has 0 unspecified atom stereocenters. The number of carbonyl (C=O) groups is 1. The van der Waals surface area contributed by atoms with Crippen molar-refractivity contribution in [3.8, 4) is 11.3 Å². The lowest BCUT2D eigenvalue weighted by atomic mass is 10.0. The lowest BCUT2D eigenvalue weighted by Crippen LogP contribution is -2.01. The third kappa shape index (κ3) is 3.19. The highest BCUT2D eigenvalue weighted by Crippen LogP contribution is 2.20. The monoisotopic (exact) mass is 327 g/mol. The van der Waals surface area contributed by atoms with Crippen molar-refractivity contribution in [2.45, 2.75) is 0 Å². The van der Waals surface area contributed by atoms with E-state index >= 15 is 0 Å². The first-order chi connectivity index (χ1) is 10.6. The van der Waals surface area contributed by atoms with Crippen molar-refractivity contribution in [3.63, 3.8) is 0 Å². The average molecular weight is 328 g/mol. The minimum Gasteiger partial charge on any atom is -0.289 e. The Kier molecular flexibility index (Phi) is 4.23. The lowest BCUT2D eigenvalue weighted by molar-refractivity contribution is 0.103. The van der Waals surface area contributed by atoms with Gasteiger partial charge in [-0.1, -0.05) is 35.3 Å². The fraction of sp³-hybridized carbons (Fsp3) is 0. The summed E-state index contributed by atoms with van der Waals surface area (Å²) in [5.74, 6) is -0.0770. The third-order valence-corrected chi connectivity index (χ3v) is 3.78. The standard InChI is InChI=1S/C18H11Cl2NO/c19-15-6-1-12(2-7-15)17-10-5-14(11-21-17)18(22)13-3-8-16(20)9-4-13/h1-11H. The van der Waals surface area contributed by atoms with E-state index in [-0.39, 0.29) is 5.78 Å². The summed E-state index contributed by atoms with van der Waals surface area (Å²) in [6.45, 7) is 0. The Labute approximate surface area is 138 Å². The number of rotatable bonds is 3. The number of pyridine rings is 1. The molecule has 3 rings (SSSR count). The maximum atomic E-state index is 12.3. The van der Waals surface area contributed by atoms with Crippen LogP contribution in [0.4, 0.5) is 0 Å². The van der Waals surface area contributed by atoms with Crippen LogP contribution in [0.5, 0.6) is 0 Å². The summed E-state index contributed by atoms with van der Waals surface area (Å²) in [6, 6.07) is 17.8. The Morgan fingerprint density at radius 3 is 1.82 bits per heavy atom. The number of hydrogen-bond acceptors (Lipinski definition) is 2. The van der Waals surface area contributed by atoms with Crippen molar-refractivity contribution in [1.29, 1.82) is 0 Å². The smallest absolute Gasteiger partial charge is 0.194 e. The first kappa shape index (κ1) is 14.8. The molecule has 1 aromatic heterocycles. The van der Waals surface area contributed by atoms with E-state index in [0.717, 1.165) is 11.3 Å². The molecule has 0 saturated carbocycles. The zero-order valence-electron chi connectivity index (χ0n) is 11.5. The van der Waals surface area contributed by atoms with Gasteiger partial charge in [0.25, 0.3) is 0 Å². The summed E-state index contributed by atoms with van der Waals surface area (Å²) in [5.41, 5.74) is 2.88. The predicted molar refractivity (Wildman–Crippen MR) is 89.6 cm³/mol. The molecule has 0 atom stereocenters. The van der Waals surface area contributed by atoms with Gasteiger partial charge < -0.3 is 0 Å². The summed E-state index contributed by atoms with van der Waals surface area (Å²) >= 11 is 11.7. The van der Waals surface area contributed by atoms with E-state index in [9.17, 15) is 4.79 Å². The van der Waals surface area contributed by atoms with Crippen molar-refractivity contribution < 1.29 is 4.79 Å². The fourth-order valence-corrected chi connectivity index (χ4v) is 2.34. The fourth-order valence-electron chi connectivity index (χ4n) is 2.09. The highest BCUT2D eigenvalue weighted by molar-refractivity contribution is 6.31. The lowest BCUT2D eigenvalue weighted by Gasteiger charge is -2.04. The molecule has 3 aromatic rings. The summed E-state index contributed by atoms with van der Waals surface area (Å²) in [4.78, 5) is 16.7. The van der Waals surface area contributed by atoms with Crippen molar-refractivity contribution >= 4 is 29.0 Å². The van der Waals surface area contributed by atoms with Gasteiger partial charge in [-0.05, 0) is 48.5 Å². The van der Waals surface area contributed by atoms with E-state index in [2.05, 4.69) is 4.98 Å². The topological polar surface area (TPSA) is 30.0 Å². The van der Waals surface area contributed by atoms with Crippen LogP contribution in [0.2, 0.25) is 10.0 Å². The quantitative estimate of drug-likeness (QED) is 0.612. The number of nitrogens with zero attached hydrogens (tertiary/aromatic N) is 1. The molecule has 22 heavy (non-hydrogen) atoms. The molecule has 0 amide bonds. The number of carbonyl (C=O) groups excluding carboxylic acids is 1. The summed E-state index contributed by atoms with van der Waals surface area (Å²) in [7, 11) is 0. The van der Waals surface area contributed by atoms with Gasteiger partial charge in [0.2, 0.25) is 0 Å². The van der Waals surface area contributed by atoms with Crippen LogP contribution < -0.4 is 0 Å². The number of ketones is 1. The molecule has 0 spiro atoms. The van der Waals surface area contributed by atoms with Crippen LogP contribution in [0.1, 0.15) is 15.9 Å². The van der Waals surface area contributed by atoms with Crippen molar-refractivity contribution in [2.24, 2.45) is 0 Å². The molecule has 0 N–H and O–H groups in total. The van der Waals surface area contributed by atoms with Crippen LogP contribution in [-0.4, -0.2) is 10.8 Å². The average Bonchev–Trinajstić information content (AvgIpc) is 2.56. The van der Waals surface area contributed by atoms with Gasteiger partial charge in [-0.15, -0.1) is 0 Å². The zero-order valence-corrected chi connectivity index (χ0v) is 13.0. The molecule has 0 aliphatic carbocycles. The van der Waals surface area contributed by atoms with Crippen LogP contribution in [0.3, 0.4) is 0 Å². The second kappa shape index (κ2) is 6.30. The van der Waals surface area contributed by atoms with Crippen molar-refractivity contribution in [1.82, 2.24) is 4.98 Å². The maximum absolute atomic E-state index is 12.3. The Bertz CT molecular complexity index is 794. The summed E-state index contributed by atoms with van der Waals surface area (Å²) in [5, 5.41) is 1.28. The Morgan fingerprint density at radius 2 is 1.27 bits per heavy atom. The van der Waals surface area contributed by atoms with E-state index < -0.39 is 0 Å². The molecule has 2 aromatic carbocycles. The van der Waals surface area contributed by atoms with Crippen LogP contribution >= 0.6 is 23.2 Å². The molecule has 0 aliphatic rings. The van der Waals surface area contributed by atoms with Gasteiger partial charge in [0.05, 0.1) is 5.69 Å². The second-order valence-electron chi connectivity index (χ2n) is 4.78. The van der Waals surface area contributed by atoms with Crippen LogP contribution in [-0.2, 0) is 0 Å². The first-order valence-corrected chi connectivity index (χ1v) is 7.41. The number of halogens is 2. The van der Waals surface area contributed by atoms with Gasteiger partial charge in [-0.3, -0.25) is 9.78 Å². The van der Waals surface area contributed by atoms with Gasteiger partial charge in [0, 0.05) is 32.9 Å². The molecule has 0 bridgehead atoms. The first-order valence-electron chi connectivity index (χ1n) is 6.66. The van der Waals surface area contributed by atoms with Crippen molar-refractivity contribution in [2.75, 3.05) is 0 Å². The Balaban J connectivity index is 1.86. The van der Waals surface area contributed by atoms with E-state index in [4.69, 9.17) is 23.2 Å². The molecule has 108 valence electrons. The highest BCUT2D eigenvalue weighted by atomic mass is 35.5. The molecule has 2 nitrogen and oxygen atoms in total.